The summed E-state index contributed by atoms with van der Waals surface area (Å²) in [5.41, 5.74) is -0.426. The van der Waals surface area contributed by atoms with Gasteiger partial charge in [-0.25, -0.2) is 4.79 Å². The van der Waals surface area contributed by atoms with E-state index >= 15 is 0 Å². The van der Waals surface area contributed by atoms with Crippen molar-refractivity contribution in [1.29, 1.82) is 0 Å². The Kier molecular flexibility index (Phi) is 5.21. The summed E-state index contributed by atoms with van der Waals surface area (Å²) in [6.07, 6.45) is 0.777. The van der Waals surface area contributed by atoms with E-state index < -0.39 is 5.60 Å². The molecule has 1 aliphatic heterocycles. The molecule has 5 heteroatoms. The zero-order valence-corrected chi connectivity index (χ0v) is 11.0. The van der Waals surface area contributed by atoms with Crippen LogP contribution in [0.3, 0.4) is 0 Å². The Labute approximate surface area is 103 Å². The smallest absolute Gasteiger partial charge is 0.410 e. The highest BCUT2D eigenvalue weighted by Gasteiger charge is 2.29. The molecule has 1 atom stereocenters. The van der Waals surface area contributed by atoms with E-state index in [4.69, 9.17) is 9.84 Å². The number of amides is 1. The molecular formula is C12H24N2O3. The number of carbonyl (C=O) groups is 1. The van der Waals surface area contributed by atoms with Gasteiger partial charge in [0.05, 0.1) is 6.61 Å². The lowest BCUT2D eigenvalue weighted by molar-refractivity contribution is 0.0288. The van der Waals surface area contributed by atoms with Gasteiger partial charge in [0.15, 0.2) is 0 Å². The van der Waals surface area contributed by atoms with Crippen LogP contribution in [-0.4, -0.2) is 54.5 Å². The largest absolute Gasteiger partial charge is 0.444 e. The standard InChI is InChI=1S/C12H24N2O3/c1-12(2,3)17-11(16)14-6-4-10(9-14)8-13-5-7-15/h10,13,15H,4-9H2,1-3H3. The number of rotatable bonds is 4. The fourth-order valence-electron chi connectivity index (χ4n) is 1.88. The van der Waals surface area contributed by atoms with Gasteiger partial charge < -0.3 is 20.1 Å². The molecular weight excluding hydrogens is 220 g/mol. The van der Waals surface area contributed by atoms with Gasteiger partial charge in [-0.05, 0) is 39.7 Å². The molecule has 1 saturated heterocycles. The predicted molar refractivity (Wildman–Crippen MR) is 65.9 cm³/mol. The van der Waals surface area contributed by atoms with Crippen molar-refractivity contribution in [2.75, 3.05) is 32.8 Å². The number of ether oxygens (including phenoxy) is 1. The summed E-state index contributed by atoms with van der Waals surface area (Å²) < 4.78 is 5.32. The molecule has 100 valence electrons. The second-order valence-corrected chi connectivity index (χ2v) is 5.51. The Balaban J connectivity index is 2.27. The molecule has 1 rings (SSSR count). The Morgan fingerprint density at radius 1 is 1.53 bits per heavy atom. The molecule has 0 bridgehead atoms. The topological polar surface area (TPSA) is 61.8 Å². The Morgan fingerprint density at radius 3 is 2.82 bits per heavy atom. The third kappa shape index (κ3) is 5.37. The van der Waals surface area contributed by atoms with Gasteiger partial charge >= 0.3 is 6.09 Å². The highest BCUT2D eigenvalue weighted by atomic mass is 16.6. The van der Waals surface area contributed by atoms with Crippen LogP contribution in [0.1, 0.15) is 27.2 Å². The van der Waals surface area contributed by atoms with Crippen LogP contribution in [-0.2, 0) is 4.74 Å². The molecule has 0 spiro atoms. The molecule has 0 radical (unpaired) electrons. The summed E-state index contributed by atoms with van der Waals surface area (Å²) in [6.45, 7) is 8.75. The summed E-state index contributed by atoms with van der Waals surface area (Å²) in [4.78, 5) is 13.5. The van der Waals surface area contributed by atoms with Crippen molar-refractivity contribution in [3.63, 3.8) is 0 Å². The SMILES string of the molecule is CC(C)(C)OC(=O)N1CCC(CNCCO)C1. The minimum Gasteiger partial charge on any atom is -0.444 e. The van der Waals surface area contributed by atoms with Crippen LogP contribution in [0.4, 0.5) is 4.79 Å². The lowest BCUT2D eigenvalue weighted by Gasteiger charge is -2.24. The minimum atomic E-state index is -0.426. The first-order valence-electron chi connectivity index (χ1n) is 6.22. The van der Waals surface area contributed by atoms with Crippen LogP contribution >= 0.6 is 0 Å². The third-order valence-corrected chi connectivity index (χ3v) is 2.66. The van der Waals surface area contributed by atoms with Crippen LogP contribution in [0, 0.1) is 5.92 Å². The van der Waals surface area contributed by atoms with E-state index in [2.05, 4.69) is 5.32 Å². The number of carbonyl (C=O) groups excluding carboxylic acids is 1. The molecule has 0 aromatic rings. The van der Waals surface area contributed by atoms with Gasteiger partial charge in [0.2, 0.25) is 0 Å². The Bertz CT molecular complexity index is 251. The van der Waals surface area contributed by atoms with E-state index in [1.54, 1.807) is 4.90 Å². The number of aliphatic hydroxyl groups excluding tert-OH is 1. The van der Waals surface area contributed by atoms with E-state index in [1.165, 1.54) is 0 Å². The zero-order chi connectivity index (χ0) is 12.9. The monoisotopic (exact) mass is 244 g/mol. The van der Waals surface area contributed by atoms with Crippen LogP contribution in [0.25, 0.3) is 0 Å². The number of hydrogen-bond donors (Lipinski definition) is 2. The van der Waals surface area contributed by atoms with E-state index in [1.807, 2.05) is 20.8 Å². The molecule has 5 nitrogen and oxygen atoms in total. The maximum absolute atomic E-state index is 11.8. The van der Waals surface area contributed by atoms with Crippen molar-refractivity contribution in [2.24, 2.45) is 5.92 Å². The van der Waals surface area contributed by atoms with Gasteiger partial charge in [-0.1, -0.05) is 0 Å². The van der Waals surface area contributed by atoms with Gasteiger partial charge in [0, 0.05) is 19.6 Å². The predicted octanol–water partition coefficient (Wildman–Crippen LogP) is 0.825. The first-order chi connectivity index (χ1) is 7.92. The minimum absolute atomic E-state index is 0.155. The molecule has 0 aliphatic carbocycles. The number of nitrogens with zero attached hydrogens (tertiary/aromatic N) is 1. The van der Waals surface area contributed by atoms with Crippen LogP contribution in [0.15, 0.2) is 0 Å². The zero-order valence-electron chi connectivity index (χ0n) is 11.0. The van der Waals surface area contributed by atoms with Gasteiger partial charge in [-0.15, -0.1) is 0 Å². The maximum Gasteiger partial charge on any atom is 0.410 e. The van der Waals surface area contributed by atoms with Gasteiger partial charge in [0.1, 0.15) is 5.60 Å². The fraction of sp³-hybridized carbons (Fsp3) is 0.917. The highest BCUT2D eigenvalue weighted by Crippen LogP contribution is 2.18. The summed E-state index contributed by atoms with van der Waals surface area (Å²) in [7, 11) is 0. The summed E-state index contributed by atoms with van der Waals surface area (Å²) in [5, 5.41) is 11.8. The summed E-state index contributed by atoms with van der Waals surface area (Å²) in [5.74, 6) is 0.467. The van der Waals surface area contributed by atoms with E-state index in [-0.39, 0.29) is 12.7 Å². The Hall–Kier alpha value is -0.810. The molecule has 0 saturated carbocycles. The summed E-state index contributed by atoms with van der Waals surface area (Å²) >= 11 is 0. The van der Waals surface area contributed by atoms with Crippen molar-refractivity contribution in [3.8, 4) is 0 Å². The van der Waals surface area contributed by atoms with Crippen molar-refractivity contribution in [1.82, 2.24) is 10.2 Å². The fourth-order valence-corrected chi connectivity index (χ4v) is 1.88. The number of hydrogen-bond acceptors (Lipinski definition) is 4. The van der Waals surface area contributed by atoms with Gasteiger partial charge in [-0.2, -0.15) is 0 Å². The second-order valence-electron chi connectivity index (χ2n) is 5.51. The molecule has 0 aromatic heterocycles. The van der Waals surface area contributed by atoms with Crippen LogP contribution in [0.2, 0.25) is 0 Å². The van der Waals surface area contributed by atoms with Crippen molar-refractivity contribution in [2.45, 2.75) is 32.8 Å². The van der Waals surface area contributed by atoms with E-state index in [9.17, 15) is 4.79 Å². The molecule has 1 fully saturated rings. The number of likely N-dealkylation sites (tertiary alicyclic amines) is 1. The lowest BCUT2D eigenvalue weighted by atomic mass is 10.1. The molecule has 1 heterocycles. The molecule has 1 aliphatic rings. The van der Waals surface area contributed by atoms with Crippen molar-refractivity contribution >= 4 is 6.09 Å². The van der Waals surface area contributed by atoms with Crippen LogP contribution < -0.4 is 5.32 Å². The average Bonchev–Trinajstić information content (AvgIpc) is 2.64. The van der Waals surface area contributed by atoms with E-state index in [0.717, 1.165) is 26.1 Å². The van der Waals surface area contributed by atoms with Crippen molar-refractivity contribution < 1.29 is 14.6 Å². The van der Waals surface area contributed by atoms with E-state index in [0.29, 0.717) is 12.5 Å². The molecule has 1 unspecified atom stereocenters. The lowest BCUT2D eigenvalue weighted by Crippen LogP contribution is -2.36. The Morgan fingerprint density at radius 2 is 2.24 bits per heavy atom. The number of aliphatic hydroxyl groups is 1. The quantitative estimate of drug-likeness (QED) is 0.719. The third-order valence-electron chi connectivity index (χ3n) is 2.66. The highest BCUT2D eigenvalue weighted by molar-refractivity contribution is 5.68. The first-order valence-corrected chi connectivity index (χ1v) is 6.22. The molecule has 1 amide bonds. The summed E-state index contributed by atoms with van der Waals surface area (Å²) in [6, 6.07) is 0. The normalized spacial score (nSPS) is 20.7. The van der Waals surface area contributed by atoms with Gasteiger partial charge in [0.25, 0.3) is 0 Å². The molecule has 0 aromatic carbocycles. The first kappa shape index (κ1) is 14.3. The van der Waals surface area contributed by atoms with Crippen LogP contribution in [0.5, 0.6) is 0 Å². The molecule has 2 N–H and O–H groups in total. The van der Waals surface area contributed by atoms with Crippen molar-refractivity contribution in [3.05, 3.63) is 0 Å². The second kappa shape index (κ2) is 6.21. The maximum atomic E-state index is 11.8. The van der Waals surface area contributed by atoms with Gasteiger partial charge in [-0.3, -0.25) is 0 Å². The molecule has 17 heavy (non-hydrogen) atoms. The number of nitrogens with one attached hydrogen (secondary N) is 1. The average molecular weight is 244 g/mol.